The second-order valence-corrected chi connectivity index (χ2v) is 6.86. The summed E-state index contributed by atoms with van der Waals surface area (Å²) < 4.78 is 5.68. The van der Waals surface area contributed by atoms with Crippen molar-refractivity contribution in [1.82, 2.24) is 16.0 Å². The highest BCUT2D eigenvalue weighted by Crippen LogP contribution is 2.18. The SMILES string of the molecule is C=CCOc1ccccc1CN=C(NCC)NCCCNC(=O)c1cccs1.I. The second kappa shape index (κ2) is 14.9. The number of hydrogen-bond acceptors (Lipinski definition) is 4. The molecule has 0 aliphatic heterocycles. The number of ether oxygens (including phenoxy) is 1. The molecule has 1 amide bonds. The Balaban J connectivity index is 0.00000420. The van der Waals surface area contributed by atoms with E-state index in [-0.39, 0.29) is 29.9 Å². The van der Waals surface area contributed by atoms with Crippen molar-refractivity contribution in [2.45, 2.75) is 19.9 Å². The molecule has 3 N–H and O–H groups in total. The summed E-state index contributed by atoms with van der Waals surface area (Å²) in [5.74, 6) is 1.54. The van der Waals surface area contributed by atoms with Crippen LogP contribution in [-0.4, -0.2) is 38.1 Å². The molecular formula is C21H29IN4O2S. The third-order valence-electron chi connectivity index (χ3n) is 3.76. The molecule has 8 heteroatoms. The van der Waals surface area contributed by atoms with Gasteiger partial charge in [0.25, 0.3) is 5.91 Å². The minimum atomic E-state index is -0.0216. The van der Waals surface area contributed by atoms with Crippen LogP contribution in [0.1, 0.15) is 28.6 Å². The Morgan fingerprint density at radius 2 is 1.97 bits per heavy atom. The molecular weight excluding hydrogens is 499 g/mol. The minimum absolute atomic E-state index is 0. The summed E-state index contributed by atoms with van der Waals surface area (Å²) in [5.41, 5.74) is 1.02. The van der Waals surface area contributed by atoms with Crippen molar-refractivity contribution in [3.8, 4) is 5.75 Å². The quantitative estimate of drug-likeness (QED) is 0.136. The third kappa shape index (κ3) is 9.31. The van der Waals surface area contributed by atoms with E-state index in [0.29, 0.717) is 26.2 Å². The van der Waals surface area contributed by atoms with Crippen molar-refractivity contribution in [3.05, 3.63) is 64.9 Å². The van der Waals surface area contributed by atoms with Gasteiger partial charge >= 0.3 is 0 Å². The van der Waals surface area contributed by atoms with E-state index in [9.17, 15) is 4.79 Å². The van der Waals surface area contributed by atoms with Crippen LogP contribution in [-0.2, 0) is 6.54 Å². The summed E-state index contributed by atoms with van der Waals surface area (Å²) >= 11 is 1.44. The highest BCUT2D eigenvalue weighted by atomic mass is 127. The Morgan fingerprint density at radius 1 is 1.17 bits per heavy atom. The van der Waals surface area contributed by atoms with Gasteiger partial charge in [0.15, 0.2) is 5.96 Å². The molecule has 0 unspecified atom stereocenters. The number of halogens is 1. The van der Waals surface area contributed by atoms with E-state index in [4.69, 9.17) is 4.74 Å². The van der Waals surface area contributed by atoms with Crippen LogP contribution in [0.5, 0.6) is 5.75 Å². The molecule has 1 aromatic heterocycles. The molecule has 0 saturated carbocycles. The monoisotopic (exact) mass is 528 g/mol. The number of benzene rings is 1. The van der Waals surface area contributed by atoms with Gasteiger partial charge in [0.05, 0.1) is 11.4 Å². The molecule has 29 heavy (non-hydrogen) atoms. The zero-order chi connectivity index (χ0) is 20.0. The summed E-state index contributed by atoms with van der Waals surface area (Å²) in [6, 6.07) is 11.6. The van der Waals surface area contributed by atoms with Crippen LogP contribution < -0.4 is 20.7 Å². The lowest BCUT2D eigenvalue weighted by molar-refractivity contribution is 0.0957. The molecule has 2 rings (SSSR count). The average molecular weight is 528 g/mol. The molecule has 0 bridgehead atoms. The van der Waals surface area contributed by atoms with Gasteiger partial charge in [-0.1, -0.05) is 36.9 Å². The van der Waals surface area contributed by atoms with Crippen LogP contribution in [0, 0.1) is 0 Å². The molecule has 0 fully saturated rings. The molecule has 0 radical (unpaired) electrons. The molecule has 0 aliphatic carbocycles. The summed E-state index contributed by atoms with van der Waals surface area (Å²) in [6.07, 6.45) is 2.53. The van der Waals surface area contributed by atoms with Gasteiger partial charge in [0.2, 0.25) is 0 Å². The number of carbonyl (C=O) groups excluding carboxylic acids is 1. The number of rotatable bonds is 11. The van der Waals surface area contributed by atoms with E-state index in [1.807, 2.05) is 48.7 Å². The van der Waals surface area contributed by atoms with E-state index in [2.05, 4.69) is 27.5 Å². The van der Waals surface area contributed by atoms with Crippen molar-refractivity contribution >= 4 is 47.2 Å². The number of nitrogens with zero attached hydrogens (tertiary/aromatic N) is 1. The van der Waals surface area contributed by atoms with Gasteiger partial charge in [-0.3, -0.25) is 4.79 Å². The van der Waals surface area contributed by atoms with E-state index in [0.717, 1.165) is 35.1 Å². The first-order chi connectivity index (χ1) is 13.7. The number of para-hydroxylation sites is 1. The van der Waals surface area contributed by atoms with Crippen molar-refractivity contribution in [2.24, 2.45) is 4.99 Å². The van der Waals surface area contributed by atoms with Crippen LogP contribution in [0.15, 0.2) is 59.4 Å². The number of guanidine groups is 1. The van der Waals surface area contributed by atoms with Gasteiger partial charge in [-0.05, 0) is 30.9 Å². The van der Waals surface area contributed by atoms with Gasteiger partial charge in [0, 0.05) is 25.2 Å². The number of hydrogen-bond donors (Lipinski definition) is 3. The zero-order valence-corrected chi connectivity index (χ0v) is 19.8. The maximum Gasteiger partial charge on any atom is 0.261 e. The van der Waals surface area contributed by atoms with Gasteiger partial charge < -0.3 is 20.7 Å². The van der Waals surface area contributed by atoms with Crippen LogP contribution >= 0.6 is 35.3 Å². The number of nitrogens with one attached hydrogen (secondary N) is 3. The minimum Gasteiger partial charge on any atom is -0.489 e. The standard InChI is InChI=1S/C21H28N4O2S.HI/c1-3-14-27-18-10-6-5-9-17(18)16-25-21(22-4-2)24-13-8-12-23-20(26)19-11-7-15-28-19;/h3,5-7,9-11,15H,1,4,8,12-14,16H2,2H3,(H,23,26)(H2,22,24,25);1H. The largest absolute Gasteiger partial charge is 0.489 e. The predicted octanol–water partition coefficient (Wildman–Crippen LogP) is 3.81. The van der Waals surface area contributed by atoms with E-state index >= 15 is 0 Å². The maximum absolute atomic E-state index is 11.9. The zero-order valence-electron chi connectivity index (χ0n) is 16.6. The highest BCUT2D eigenvalue weighted by Gasteiger charge is 2.05. The van der Waals surface area contributed by atoms with Gasteiger partial charge in [-0.15, -0.1) is 35.3 Å². The van der Waals surface area contributed by atoms with E-state index in [1.165, 1.54) is 11.3 Å². The molecule has 0 atom stereocenters. The molecule has 1 heterocycles. The lowest BCUT2D eigenvalue weighted by atomic mass is 10.2. The van der Waals surface area contributed by atoms with Crippen molar-refractivity contribution in [2.75, 3.05) is 26.2 Å². The fourth-order valence-corrected chi connectivity index (χ4v) is 3.06. The number of carbonyl (C=O) groups is 1. The molecule has 0 spiro atoms. The Hall–Kier alpha value is -2.07. The molecule has 1 aromatic carbocycles. The van der Waals surface area contributed by atoms with Crippen molar-refractivity contribution < 1.29 is 9.53 Å². The summed E-state index contributed by atoms with van der Waals surface area (Å²) in [5, 5.41) is 11.4. The summed E-state index contributed by atoms with van der Waals surface area (Å²) in [4.78, 5) is 17.3. The topological polar surface area (TPSA) is 74.8 Å². The number of thiophene rings is 1. The van der Waals surface area contributed by atoms with Gasteiger partial charge in [-0.25, -0.2) is 4.99 Å². The Labute approximate surface area is 193 Å². The molecule has 0 saturated heterocycles. The average Bonchev–Trinajstić information content (AvgIpc) is 3.25. The Kier molecular flexibility index (Phi) is 12.8. The van der Waals surface area contributed by atoms with Crippen molar-refractivity contribution in [1.29, 1.82) is 0 Å². The first-order valence-electron chi connectivity index (χ1n) is 9.40. The van der Waals surface area contributed by atoms with Crippen LogP contribution in [0.3, 0.4) is 0 Å². The summed E-state index contributed by atoms with van der Waals surface area (Å²) in [6.45, 7) is 8.79. The fourth-order valence-electron chi connectivity index (χ4n) is 2.42. The molecule has 158 valence electrons. The van der Waals surface area contributed by atoms with Crippen molar-refractivity contribution in [3.63, 3.8) is 0 Å². The third-order valence-corrected chi connectivity index (χ3v) is 4.63. The van der Waals surface area contributed by atoms with Crippen LogP contribution in [0.4, 0.5) is 0 Å². The second-order valence-electron chi connectivity index (χ2n) is 5.92. The number of amides is 1. The van der Waals surface area contributed by atoms with E-state index in [1.54, 1.807) is 6.08 Å². The normalized spacial score (nSPS) is 10.6. The first kappa shape index (κ1) is 25.0. The lowest BCUT2D eigenvalue weighted by Crippen LogP contribution is -2.38. The maximum atomic E-state index is 11.9. The predicted molar refractivity (Wildman–Crippen MR) is 132 cm³/mol. The highest BCUT2D eigenvalue weighted by molar-refractivity contribution is 14.0. The number of aliphatic imine (C=N–C) groups is 1. The smallest absolute Gasteiger partial charge is 0.261 e. The van der Waals surface area contributed by atoms with Gasteiger partial charge in [-0.2, -0.15) is 0 Å². The molecule has 0 aliphatic rings. The van der Waals surface area contributed by atoms with E-state index < -0.39 is 0 Å². The first-order valence-corrected chi connectivity index (χ1v) is 10.3. The fraction of sp³-hybridized carbons (Fsp3) is 0.333. The van der Waals surface area contributed by atoms with Gasteiger partial charge in [0.1, 0.15) is 12.4 Å². The molecule has 2 aromatic rings. The lowest BCUT2D eigenvalue weighted by Gasteiger charge is -2.13. The van der Waals surface area contributed by atoms with Crippen LogP contribution in [0.25, 0.3) is 0 Å². The Bertz CT molecular complexity index is 766. The Morgan fingerprint density at radius 3 is 2.69 bits per heavy atom. The summed E-state index contributed by atoms with van der Waals surface area (Å²) in [7, 11) is 0. The van der Waals surface area contributed by atoms with Crippen LogP contribution in [0.2, 0.25) is 0 Å². The molecule has 6 nitrogen and oxygen atoms in total.